The summed E-state index contributed by atoms with van der Waals surface area (Å²) < 4.78 is 33.0. The van der Waals surface area contributed by atoms with E-state index in [9.17, 15) is 8.42 Å². The van der Waals surface area contributed by atoms with Crippen LogP contribution < -0.4 is 0 Å². The summed E-state index contributed by atoms with van der Waals surface area (Å²) >= 11 is 0. The van der Waals surface area contributed by atoms with E-state index in [-0.39, 0.29) is 0 Å². The van der Waals surface area contributed by atoms with Crippen molar-refractivity contribution in [1.29, 1.82) is 0 Å². The zero-order valence-electron chi connectivity index (χ0n) is 12.8. The Bertz CT molecular complexity index is 721. The maximum Gasteiger partial charge on any atom is 0.243 e. The molecule has 3 aliphatic rings. The lowest BCUT2D eigenvalue weighted by Crippen LogP contribution is -2.29. The summed E-state index contributed by atoms with van der Waals surface area (Å²) in [5, 5.41) is 0. The van der Waals surface area contributed by atoms with Crippen molar-refractivity contribution >= 4 is 10.0 Å². The van der Waals surface area contributed by atoms with Gasteiger partial charge in [-0.1, -0.05) is 17.7 Å². The molecule has 0 bridgehead atoms. The van der Waals surface area contributed by atoms with Crippen molar-refractivity contribution in [3.05, 3.63) is 41.0 Å². The number of aryl methyl sites for hydroxylation is 1. The second-order valence-corrected chi connectivity index (χ2v) is 8.60. The average molecular weight is 319 g/mol. The Kier molecular flexibility index (Phi) is 3.40. The molecule has 118 valence electrons. The quantitative estimate of drug-likeness (QED) is 0.786. The molecule has 4 nitrogen and oxygen atoms in total. The summed E-state index contributed by atoms with van der Waals surface area (Å²) in [6, 6.07) is 7.16. The van der Waals surface area contributed by atoms with Crippen LogP contribution in [0, 0.1) is 18.8 Å². The van der Waals surface area contributed by atoms with Crippen molar-refractivity contribution in [2.45, 2.75) is 24.7 Å². The van der Waals surface area contributed by atoms with Crippen LogP contribution in [0.1, 0.15) is 18.4 Å². The highest BCUT2D eigenvalue weighted by atomic mass is 32.2. The van der Waals surface area contributed by atoms with E-state index in [2.05, 4.69) is 0 Å². The second kappa shape index (κ2) is 5.18. The fourth-order valence-electron chi connectivity index (χ4n) is 4.02. The molecule has 0 radical (unpaired) electrons. The SMILES string of the molecule is Cc1ccc(S(=O)(=O)N2C[C@@H]3CCC4=C(COC4)[C@@H]3C2)cc1. The smallest absolute Gasteiger partial charge is 0.243 e. The van der Waals surface area contributed by atoms with Gasteiger partial charge in [0.2, 0.25) is 10.0 Å². The van der Waals surface area contributed by atoms with Crippen LogP contribution in [-0.2, 0) is 14.8 Å². The molecule has 0 N–H and O–H groups in total. The zero-order valence-corrected chi connectivity index (χ0v) is 13.6. The number of sulfonamides is 1. The highest BCUT2D eigenvalue weighted by Crippen LogP contribution is 2.43. The van der Waals surface area contributed by atoms with Gasteiger partial charge in [0.15, 0.2) is 0 Å². The van der Waals surface area contributed by atoms with Gasteiger partial charge >= 0.3 is 0 Å². The maximum atomic E-state index is 12.9. The Labute approximate surface area is 131 Å². The molecule has 0 amide bonds. The molecule has 0 aromatic heterocycles. The Morgan fingerprint density at radius 3 is 2.68 bits per heavy atom. The molecule has 1 saturated heterocycles. The first-order chi connectivity index (χ1) is 10.6. The fourth-order valence-corrected chi connectivity index (χ4v) is 5.54. The molecule has 2 heterocycles. The number of nitrogens with zero attached hydrogens (tertiary/aromatic N) is 1. The number of hydrogen-bond acceptors (Lipinski definition) is 3. The minimum atomic E-state index is -3.37. The zero-order chi connectivity index (χ0) is 15.3. The second-order valence-electron chi connectivity index (χ2n) is 6.66. The van der Waals surface area contributed by atoms with Crippen LogP contribution in [0.3, 0.4) is 0 Å². The fraction of sp³-hybridized carbons (Fsp3) is 0.529. The molecule has 0 spiro atoms. The third kappa shape index (κ3) is 2.23. The summed E-state index contributed by atoms with van der Waals surface area (Å²) in [5.41, 5.74) is 3.89. The van der Waals surface area contributed by atoms with Gasteiger partial charge in [0.25, 0.3) is 0 Å². The lowest BCUT2D eigenvalue weighted by atomic mass is 9.78. The van der Waals surface area contributed by atoms with E-state index >= 15 is 0 Å². The van der Waals surface area contributed by atoms with Crippen molar-refractivity contribution in [3.63, 3.8) is 0 Å². The minimum absolute atomic E-state index is 0.367. The predicted molar refractivity (Wildman–Crippen MR) is 84.0 cm³/mol. The van der Waals surface area contributed by atoms with E-state index in [4.69, 9.17) is 4.74 Å². The molecular weight excluding hydrogens is 298 g/mol. The molecule has 2 aliphatic heterocycles. The van der Waals surface area contributed by atoms with E-state index < -0.39 is 10.0 Å². The molecule has 1 aromatic rings. The molecule has 1 aliphatic carbocycles. The largest absolute Gasteiger partial charge is 0.373 e. The minimum Gasteiger partial charge on any atom is -0.373 e. The summed E-state index contributed by atoms with van der Waals surface area (Å²) in [5.74, 6) is 0.826. The number of benzene rings is 1. The van der Waals surface area contributed by atoms with Crippen LogP contribution in [0.4, 0.5) is 0 Å². The summed E-state index contributed by atoms with van der Waals surface area (Å²) in [6.07, 6.45) is 2.17. The Balaban J connectivity index is 1.61. The number of fused-ring (bicyclic) bond motifs is 2. The van der Waals surface area contributed by atoms with Gasteiger partial charge in [-0.25, -0.2) is 8.42 Å². The van der Waals surface area contributed by atoms with Crippen molar-refractivity contribution in [1.82, 2.24) is 4.31 Å². The summed E-state index contributed by atoms with van der Waals surface area (Å²) in [4.78, 5) is 0.411. The van der Waals surface area contributed by atoms with Gasteiger partial charge in [0, 0.05) is 19.0 Å². The van der Waals surface area contributed by atoms with Crippen LogP contribution >= 0.6 is 0 Å². The average Bonchev–Trinajstić information content (AvgIpc) is 3.13. The van der Waals surface area contributed by atoms with E-state index in [0.29, 0.717) is 36.4 Å². The molecule has 2 atom stereocenters. The van der Waals surface area contributed by atoms with Crippen molar-refractivity contribution in [3.8, 4) is 0 Å². The number of ether oxygens (including phenoxy) is 1. The van der Waals surface area contributed by atoms with Crippen LogP contribution in [0.15, 0.2) is 40.3 Å². The highest BCUT2D eigenvalue weighted by molar-refractivity contribution is 7.89. The van der Waals surface area contributed by atoms with Gasteiger partial charge in [-0.15, -0.1) is 0 Å². The highest BCUT2D eigenvalue weighted by Gasteiger charge is 2.44. The van der Waals surface area contributed by atoms with Crippen molar-refractivity contribution in [2.24, 2.45) is 11.8 Å². The first-order valence-electron chi connectivity index (χ1n) is 7.91. The van der Waals surface area contributed by atoms with Crippen LogP contribution in [0.25, 0.3) is 0 Å². The van der Waals surface area contributed by atoms with Crippen LogP contribution in [-0.4, -0.2) is 39.0 Å². The topological polar surface area (TPSA) is 46.6 Å². The first-order valence-corrected chi connectivity index (χ1v) is 9.35. The summed E-state index contributed by atoms with van der Waals surface area (Å²) in [6.45, 7) is 4.69. The van der Waals surface area contributed by atoms with Crippen LogP contribution in [0.2, 0.25) is 0 Å². The van der Waals surface area contributed by atoms with Gasteiger partial charge < -0.3 is 4.74 Å². The van der Waals surface area contributed by atoms with E-state index in [1.807, 2.05) is 19.1 Å². The lowest BCUT2D eigenvalue weighted by Gasteiger charge is -2.25. The van der Waals surface area contributed by atoms with Crippen molar-refractivity contribution in [2.75, 3.05) is 26.3 Å². The lowest BCUT2D eigenvalue weighted by molar-refractivity contribution is 0.200. The molecule has 5 heteroatoms. The third-order valence-corrected chi connectivity index (χ3v) is 7.16. The van der Waals surface area contributed by atoms with E-state index in [1.165, 1.54) is 11.1 Å². The van der Waals surface area contributed by atoms with Crippen LogP contribution in [0.5, 0.6) is 0 Å². The first kappa shape index (κ1) is 14.4. The third-order valence-electron chi connectivity index (χ3n) is 5.32. The van der Waals surface area contributed by atoms with Gasteiger partial charge in [-0.05, 0) is 49.0 Å². The van der Waals surface area contributed by atoms with Gasteiger partial charge in [0.1, 0.15) is 0 Å². The Hall–Kier alpha value is -1.17. The van der Waals surface area contributed by atoms with E-state index in [1.54, 1.807) is 16.4 Å². The molecule has 4 rings (SSSR count). The molecular formula is C17H21NO3S. The predicted octanol–water partition coefficient (Wildman–Crippen LogP) is 2.35. The van der Waals surface area contributed by atoms with Gasteiger partial charge in [0.05, 0.1) is 18.1 Å². The summed E-state index contributed by atoms with van der Waals surface area (Å²) in [7, 11) is -3.37. The molecule has 22 heavy (non-hydrogen) atoms. The standard InChI is InChI=1S/C17H21NO3S/c1-12-2-6-15(7-3-12)22(19,20)18-8-13-4-5-14-10-21-11-17(14)16(13)9-18/h2-3,6-7,13,16H,4-5,8-11H2,1H3/t13-,16+/m0/s1. The van der Waals surface area contributed by atoms with Crippen molar-refractivity contribution < 1.29 is 13.2 Å². The number of hydrogen-bond donors (Lipinski definition) is 0. The van der Waals surface area contributed by atoms with Gasteiger partial charge in [-0.3, -0.25) is 0 Å². The van der Waals surface area contributed by atoms with Gasteiger partial charge in [-0.2, -0.15) is 4.31 Å². The molecule has 0 saturated carbocycles. The maximum absolute atomic E-state index is 12.9. The Morgan fingerprint density at radius 1 is 1.14 bits per heavy atom. The monoisotopic (exact) mass is 319 g/mol. The molecule has 1 aromatic carbocycles. The number of rotatable bonds is 2. The molecule has 0 unspecified atom stereocenters. The van der Waals surface area contributed by atoms with E-state index in [0.717, 1.165) is 25.0 Å². The molecule has 1 fully saturated rings. The normalized spacial score (nSPS) is 28.8. The Morgan fingerprint density at radius 2 is 1.91 bits per heavy atom.